The molecule has 24 heavy (non-hydrogen) atoms. The van der Waals surface area contributed by atoms with Gasteiger partial charge in [-0.3, -0.25) is 4.79 Å². The number of halogens is 1. The molecule has 0 saturated heterocycles. The molecule has 3 aromatic rings. The zero-order chi connectivity index (χ0) is 17.3. The first-order valence-corrected chi connectivity index (χ1v) is 8.06. The number of benzene rings is 2. The van der Waals surface area contributed by atoms with Crippen LogP contribution < -0.4 is 0 Å². The number of hydrogen-bond donors (Lipinski definition) is 0. The molecule has 2 aromatic carbocycles. The summed E-state index contributed by atoms with van der Waals surface area (Å²) in [5, 5.41) is 0. The molecule has 0 radical (unpaired) electrons. The van der Waals surface area contributed by atoms with Crippen LogP contribution in [0.15, 0.2) is 54.6 Å². The minimum Gasteiger partial charge on any atom is -0.317 e. The van der Waals surface area contributed by atoms with E-state index >= 15 is 0 Å². The van der Waals surface area contributed by atoms with Crippen LogP contribution in [0.4, 0.5) is 4.39 Å². The molecule has 3 heteroatoms. The van der Waals surface area contributed by atoms with Gasteiger partial charge in [-0.25, -0.2) is 4.39 Å². The SMILES string of the molecule is Cc1c(-c2ccc(F)cc2)c(C=O)c(C(C)C)n1-c1ccccc1. The third kappa shape index (κ3) is 2.67. The van der Waals surface area contributed by atoms with Crippen molar-refractivity contribution in [3.05, 3.63) is 77.4 Å². The van der Waals surface area contributed by atoms with Crippen molar-refractivity contribution in [3.63, 3.8) is 0 Å². The number of aldehydes is 1. The van der Waals surface area contributed by atoms with Gasteiger partial charge in [-0.15, -0.1) is 0 Å². The molecule has 0 saturated carbocycles. The second-order valence-corrected chi connectivity index (χ2v) is 6.21. The third-order valence-electron chi connectivity index (χ3n) is 4.30. The van der Waals surface area contributed by atoms with E-state index in [0.717, 1.165) is 34.5 Å². The number of nitrogens with zero attached hydrogens (tertiary/aromatic N) is 1. The quantitative estimate of drug-likeness (QED) is 0.579. The third-order valence-corrected chi connectivity index (χ3v) is 4.30. The lowest BCUT2D eigenvalue weighted by Gasteiger charge is -2.14. The lowest BCUT2D eigenvalue weighted by molar-refractivity contribution is 0.112. The minimum atomic E-state index is -0.282. The molecule has 0 aliphatic carbocycles. The standard InChI is InChI=1S/C21H20FNO/c1-14(2)21-19(13-24)20(16-9-11-17(22)12-10-16)15(3)23(21)18-7-5-4-6-8-18/h4-14H,1-3H3. The Morgan fingerprint density at radius 3 is 2.17 bits per heavy atom. The van der Waals surface area contributed by atoms with Gasteiger partial charge in [-0.05, 0) is 42.7 Å². The molecule has 0 N–H and O–H groups in total. The van der Waals surface area contributed by atoms with E-state index in [2.05, 4.69) is 18.4 Å². The average molecular weight is 321 g/mol. The summed E-state index contributed by atoms with van der Waals surface area (Å²) in [5.41, 5.74) is 5.39. The average Bonchev–Trinajstić information content (AvgIpc) is 2.89. The maximum absolute atomic E-state index is 13.3. The van der Waals surface area contributed by atoms with Crippen LogP contribution >= 0.6 is 0 Å². The summed E-state index contributed by atoms with van der Waals surface area (Å²) in [5.74, 6) is -0.103. The second-order valence-electron chi connectivity index (χ2n) is 6.21. The Balaban J connectivity index is 2.35. The lowest BCUT2D eigenvalue weighted by atomic mass is 9.98. The number of rotatable bonds is 4. The van der Waals surface area contributed by atoms with Crippen LogP contribution in [0.1, 0.15) is 41.5 Å². The van der Waals surface area contributed by atoms with Gasteiger partial charge in [-0.1, -0.05) is 44.2 Å². The molecule has 1 aromatic heterocycles. The van der Waals surface area contributed by atoms with E-state index in [1.165, 1.54) is 12.1 Å². The molecule has 122 valence electrons. The molecular weight excluding hydrogens is 301 g/mol. The summed E-state index contributed by atoms with van der Waals surface area (Å²) in [7, 11) is 0. The predicted octanol–water partition coefficient (Wildman–Crippen LogP) is 5.53. The molecular formula is C21H20FNO. The van der Waals surface area contributed by atoms with Gasteiger partial charge in [0, 0.05) is 28.2 Å². The zero-order valence-corrected chi connectivity index (χ0v) is 14.1. The van der Waals surface area contributed by atoms with Crippen molar-refractivity contribution >= 4 is 6.29 Å². The Labute approximate surface area is 141 Å². The van der Waals surface area contributed by atoms with E-state index in [1.807, 2.05) is 37.3 Å². The van der Waals surface area contributed by atoms with Crippen LogP contribution in [0.3, 0.4) is 0 Å². The van der Waals surface area contributed by atoms with Crippen molar-refractivity contribution in [3.8, 4) is 16.8 Å². The molecule has 1 heterocycles. The highest BCUT2D eigenvalue weighted by molar-refractivity contribution is 5.91. The largest absolute Gasteiger partial charge is 0.317 e. The highest BCUT2D eigenvalue weighted by Gasteiger charge is 2.23. The van der Waals surface area contributed by atoms with Crippen molar-refractivity contribution in [2.75, 3.05) is 0 Å². The highest BCUT2D eigenvalue weighted by Crippen LogP contribution is 2.37. The van der Waals surface area contributed by atoms with E-state index in [0.29, 0.717) is 5.56 Å². The van der Waals surface area contributed by atoms with Gasteiger partial charge in [0.25, 0.3) is 0 Å². The monoisotopic (exact) mass is 321 g/mol. The summed E-state index contributed by atoms with van der Waals surface area (Å²) >= 11 is 0. The van der Waals surface area contributed by atoms with Gasteiger partial charge in [0.05, 0.1) is 0 Å². The molecule has 0 aliphatic rings. The van der Waals surface area contributed by atoms with Crippen LogP contribution in [0.5, 0.6) is 0 Å². The molecule has 0 bridgehead atoms. The van der Waals surface area contributed by atoms with Gasteiger partial charge >= 0.3 is 0 Å². The van der Waals surface area contributed by atoms with Gasteiger partial charge in [-0.2, -0.15) is 0 Å². The molecule has 0 amide bonds. The van der Waals surface area contributed by atoms with Crippen molar-refractivity contribution in [2.24, 2.45) is 0 Å². The second kappa shape index (κ2) is 6.44. The maximum Gasteiger partial charge on any atom is 0.152 e. The molecule has 3 rings (SSSR count). The van der Waals surface area contributed by atoms with Gasteiger partial charge in [0.15, 0.2) is 6.29 Å². The van der Waals surface area contributed by atoms with Crippen LogP contribution in [-0.4, -0.2) is 10.9 Å². The summed E-state index contributed by atoms with van der Waals surface area (Å²) in [6, 6.07) is 16.3. The van der Waals surface area contributed by atoms with Crippen LogP contribution in [0, 0.1) is 12.7 Å². The Morgan fingerprint density at radius 1 is 1.00 bits per heavy atom. The van der Waals surface area contributed by atoms with E-state index in [1.54, 1.807) is 12.1 Å². The van der Waals surface area contributed by atoms with E-state index in [9.17, 15) is 9.18 Å². The van der Waals surface area contributed by atoms with E-state index < -0.39 is 0 Å². The lowest BCUT2D eigenvalue weighted by Crippen LogP contribution is -2.05. The number of carbonyl (C=O) groups is 1. The summed E-state index contributed by atoms with van der Waals surface area (Å²) < 4.78 is 15.4. The van der Waals surface area contributed by atoms with E-state index in [4.69, 9.17) is 0 Å². The van der Waals surface area contributed by atoms with Crippen molar-refractivity contribution in [1.29, 1.82) is 0 Å². The number of hydrogen-bond acceptors (Lipinski definition) is 1. The smallest absolute Gasteiger partial charge is 0.152 e. The fourth-order valence-electron chi connectivity index (χ4n) is 3.32. The Kier molecular flexibility index (Phi) is 4.34. The highest BCUT2D eigenvalue weighted by atomic mass is 19.1. The fraction of sp³-hybridized carbons (Fsp3) is 0.190. The molecule has 2 nitrogen and oxygen atoms in total. The van der Waals surface area contributed by atoms with Crippen molar-refractivity contribution < 1.29 is 9.18 Å². The molecule has 0 unspecified atom stereocenters. The molecule has 0 spiro atoms. The number of para-hydroxylation sites is 1. The zero-order valence-electron chi connectivity index (χ0n) is 14.1. The van der Waals surface area contributed by atoms with Crippen LogP contribution in [0.25, 0.3) is 16.8 Å². The summed E-state index contributed by atoms with van der Waals surface area (Å²) in [6.07, 6.45) is 0.917. The summed E-state index contributed by atoms with van der Waals surface area (Å²) in [6.45, 7) is 6.16. The first-order valence-electron chi connectivity index (χ1n) is 8.06. The summed E-state index contributed by atoms with van der Waals surface area (Å²) in [4.78, 5) is 11.9. The number of carbonyl (C=O) groups excluding carboxylic acids is 1. The molecule has 0 aliphatic heterocycles. The van der Waals surface area contributed by atoms with Gasteiger partial charge < -0.3 is 4.57 Å². The van der Waals surface area contributed by atoms with Crippen molar-refractivity contribution in [2.45, 2.75) is 26.7 Å². The first kappa shape index (κ1) is 16.2. The number of aromatic nitrogens is 1. The van der Waals surface area contributed by atoms with Gasteiger partial charge in [0.2, 0.25) is 0 Å². The molecule has 0 fully saturated rings. The van der Waals surface area contributed by atoms with Crippen molar-refractivity contribution in [1.82, 2.24) is 4.57 Å². The Bertz CT molecular complexity index is 861. The Hall–Kier alpha value is -2.68. The van der Waals surface area contributed by atoms with E-state index in [-0.39, 0.29) is 11.7 Å². The Morgan fingerprint density at radius 2 is 1.62 bits per heavy atom. The topological polar surface area (TPSA) is 22.0 Å². The van der Waals surface area contributed by atoms with Crippen LogP contribution in [0.2, 0.25) is 0 Å². The maximum atomic E-state index is 13.3. The minimum absolute atomic E-state index is 0.179. The first-order chi connectivity index (χ1) is 11.5. The van der Waals surface area contributed by atoms with Crippen LogP contribution in [-0.2, 0) is 0 Å². The molecule has 0 atom stereocenters. The predicted molar refractivity (Wildman–Crippen MR) is 95.4 cm³/mol. The van der Waals surface area contributed by atoms with Gasteiger partial charge in [0.1, 0.15) is 5.82 Å². The normalized spacial score (nSPS) is 11.0. The fourth-order valence-corrected chi connectivity index (χ4v) is 3.32.